The Balaban J connectivity index is 2.14. The van der Waals surface area contributed by atoms with Gasteiger partial charge >= 0.3 is 0 Å². The lowest BCUT2D eigenvalue weighted by Gasteiger charge is -2.19. The van der Waals surface area contributed by atoms with Crippen LogP contribution in [0.4, 0.5) is 4.39 Å². The zero-order valence-corrected chi connectivity index (χ0v) is 16.6. The maximum Gasteiger partial charge on any atom is 0.251 e. The molecule has 0 radical (unpaired) electrons. The van der Waals surface area contributed by atoms with E-state index in [0.29, 0.717) is 37.2 Å². The molecule has 0 heterocycles. The van der Waals surface area contributed by atoms with E-state index in [1.165, 1.54) is 28.6 Å². The third kappa shape index (κ3) is 5.14. The van der Waals surface area contributed by atoms with Crippen LogP contribution in [0.2, 0.25) is 0 Å². The predicted molar refractivity (Wildman–Crippen MR) is 104 cm³/mol. The zero-order chi connectivity index (χ0) is 20.0. The van der Waals surface area contributed by atoms with Crippen LogP contribution in [-0.4, -0.2) is 38.3 Å². The smallest absolute Gasteiger partial charge is 0.251 e. The lowest BCUT2D eigenvalue weighted by atomic mass is 10.1. The molecule has 0 aromatic heterocycles. The molecule has 0 saturated carbocycles. The Labute approximate surface area is 160 Å². The fraction of sp³-hybridized carbons (Fsp3) is 0.350. The third-order valence-electron chi connectivity index (χ3n) is 4.39. The molecule has 0 unspecified atom stereocenters. The van der Waals surface area contributed by atoms with Gasteiger partial charge in [-0.05, 0) is 48.7 Å². The topological polar surface area (TPSA) is 66.5 Å². The minimum Gasteiger partial charge on any atom is -0.352 e. The molecule has 2 aromatic carbocycles. The molecule has 146 valence electrons. The molecule has 0 aliphatic carbocycles. The lowest BCUT2D eigenvalue weighted by Crippen LogP contribution is -2.31. The summed E-state index contributed by atoms with van der Waals surface area (Å²) in [4.78, 5) is 12.6. The number of benzene rings is 2. The van der Waals surface area contributed by atoms with Crippen LogP contribution in [0.5, 0.6) is 0 Å². The second-order valence-electron chi connectivity index (χ2n) is 6.20. The molecular formula is C20H25FN2O3S. The summed E-state index contributed by atoms with van der Waals surface area (Å²) in [7, 11) is -3.63. The number of hydrogen-bond acceptors (Lipinski definition) is 3. The van der Waals surface area contributed by atoms with Crippen molar-refractivity contribution < 1.29 is 17.6 Å². The van der Waals surface area contributed by atoms with Gasteiger partial charge in [0.25, 0.3) is 5.91 Å². The molecule has 0 aliphatic heterocycles. The minimum absolute atomic E-state index is 0.104. The molecule has 0 spiro atoms. The molecule has 7 heteroatoms. The number of aryl methyl sites for hydroxylation is 1. The van der Waals surface area contributed by atoms with Crippen LogP contribution >= 0.6 is 0 Å². The largest absolute Gasteiger partial charge is 0.352 e. The Morgan fingerprint density at radius 1 is 1.11 bits per heavy atom. The maximum atomic E-state index is 13.2. The Hall–Kier alpha value is -2.25. The average molecular weight is 392 g/mol. The van der Waals surface area contributed by atoms with Gasteiger partial charge in [0.2, 0.25) is 10.0 Å². The van der Waals surface area contributed by atoms with Crippen molar-refractivity contribution in [1.29, 1.82) is 0 Å². The lowest BCUT2D eigenvalue weighted by molar-refractivity contribution is 0.0953. The summed E-state index contributed by atoms with van der Waals surface area (Å²) in [6, 6.07) is 10.8. The highest BCUT2D eigenvalue weighted by Crippen LogP contribution is 2.19. The average Bonchev–Trinajstić information content (AvgIpc) is 2.62. The van der Waals surface area contributed by atoms with E-state index in [0.717, 1.165) is 5.56 Å². The highest BCUT2D eigenvalue weighted by Gasteiger charge is 2.23. The van der Waals surface area contributed by atoms with Gasteiger partial charge in [0.1, 0.15) is 5.82 Å². The number of rotatable bonds is 8. The van der Waals surface area contributed by atoms with Crippen molar-refractivity contribution in [1.82, 2.24) is 9.62 Å². The van der Waals surface area contributed by atoms with Crippen molar-refractivity contribution in [3.8, 4) is 0 Å². The third-order valence-corrected chi connectivity index (χ3v) is 6.43. The summed E-state index contributed by atoms with van der Waals surface area (Å²) >= 11 is 0. The molecule has 27 heavy (non-hydrogen) atoms. The van der Waals surface area contributed by atoms with Gasteiger partial charge in [0.05, 0.1) is 4.90 Å². The number of carbonyl (C=O) groups excluding carboxylic acids is 1. The van der Waals surface area contributed by atoms with Crippen LogP contribution in [-0.2, 0) is 16.4 Å². The maximum absolute atomic E-state index is 13.2. The number of sulfonamides is 1. The molecule has 1 N–H and O–H groups in total. The van der Waals surface area contributed by atoms with Gasteiger partial charge in [-0.15, -0.1) is 0 Å². The molecule has 0 bridgehead atoms. The Bertz CT molecular complexity index is 909. The molecule has 5 nitrogen and oxygen atoms in total. The Morgan fingerprint density at radius 2 is 1.81 bits per heavy atom. The van der Waals surface area contributed by atoms with Gasteiger partial charge < -0.3 is 5.32 Å². The van der Waals surface area contributed by atoms with E-state index in [2.05, 4.69) is 5.32 Å². The first-order chi connectivity index (χ1) is 12.8. The van der Waals surface area contributed by atoms with E-state index in [9.17, 15) is 17.6 Å². The normalized spacial score (nSPS) is 11.6. The van der Waals surface area contributed by atoms with E-state index in [-0.39, 0.29) is 16.6 Å². The summed E-state index contributed by atoms with van der Waals surface area (Å²) < 4.78 is 39.9. The molecule has 2 aromatic rings. The van der Waals surface area contributed by atoms with E-state index in [1.807, 2.05) is 0 Å². The second kappa shape index (κ2) is 9.10. The summed E-state index contributed by atoms with van der Waals surface area (Å²) in [5, 5.41) is 2.77. The molecule has 2 rings (SSSR count). The van der Waals surface area contributed by atoms with Gasteiger partial charge in [0.15, 0.2) is 0 Å². The van der Waals surface area contributed by atoms with Crippen LogP contribution in [0.1, 0.15) is 35.3 Å². The van der Waals surface area contributed by atoms with Gasteiger partial charge in [-0.3, -0.25) is 4.79 Å². The molecule has 0 aliphatic rings. The summed E-state index contributed by atoms with van der Waals surface area (Å²) in [5.74, 6) is -0.663. The number of amides is 1. The van der Waals surface area contributed by atoms with Gasteiger partial charge in [-0.2, -0.15) is 4.31 Å². The quantitative estimate of drug-likeness (QED) is 0.751. The van der Waals surface area contributed by atoms with Gasteiger partial charge in [0, 0.05) is 25.2 Å². The summed E-state index contributed by atoms with van der Waals surface area (Å²) in [6.07, 6.45) is 0.486. The Kier molecular flexibility index (Phi) is 7.10. The second-order valence-corrected chi connectivity index (χ2v) is 8.14. The number of carbonyl (C=O) groups is 1. The first kappa shape index (κ1) is 21.1. The predicted octanol–water partition coefficient (Wildman–Crippen LogP) is 3.14. The van der Waals surface area contributed by atoms with E-state index >= 15 is 0 Å². The first-order valence-electron chi connectivity index (χ1n) is 8.93. The van der Waals surface area contributed by atoms with Crippen molar-refractivity contribution in [3.05, 3.63) is 65.0 Å². The highest BCUT2D eigenvalue weighted by molar-refractivity contribution is 7.89. The number of halogens is 1. The van der Waals surface area contributed by atoms with E-state index in [4.69, 9.17) is 0 Å². The molecule has 0 saturated heterocycles. The van der Waals surface area contributed by atoms with Crippen LogP contribution in [0.25, 0.3) is 0 Å². The molecule has 0 fully saturated rings. The number of nitrogens with zero attached hydrogens (tertiary/aromatic N) is 1. The van der Waals surface area contributed by atoms with Gasteiger partial charge in [-0.1, -0.05) is 32.0 Å². The van der Waals surface area contributed by atoms with Crippen molar-refractivity contribution >= 4 is 15.9 Å². The fourth-order valence-corrected chi connectivity index (χ4v) is 4.31. The van der Waals surface area contributed by atoms with Crippen LogP contribution < -0.4 is 5.32 Å². The van der Waals surface area contributed by atoms with Crippen LogP contribution in [0, 0.1) is 12.7 Å². The Morgan fingerprint density at radius 3 is 2.44 bits per heavy atom. The van der Waals surface area contributed by atoms with Gasteiger partial charge in [-0.25, -0.2) is 12.8 Å². The fourth-order valence-electron chi connectivity index (χ4n) is 2.83. The first-order valence-corrected chi connectivity index (χ1v) is 10.4. The van der Waals surface area contributed by atoms with Crippen LogP contribution in [0.15, 0.2) is 47.4 Å². The number of hydrogen-bond donors (Lipinski definition) is 1. The summed E-state index contributed by atoms with van der Waals surface area (Å²) in [5.41, 5.74) is 1.80. The van der Waals surface area contributed by atoms with Crippen molar-refractivity contribution in [3.63, 3.8) is 0 Å². The van der Waals surface area contributed by atoms with Crippen molar-refractivity contribution in [2.45, 2.75) is 32.1 Å². The standard InChI is InChI=1S/C20H25FN2O3S/c1-4-23(5-2)27(25,26)18-10-9-15(3)19(14-18)20(24)22-12-11-16-7-6-8-17(21)13-16/h6-10,13-14H,4-5,11-12H2,1-3H3,(H,22,24). The molecular weight excluding hydrogens is 367 g/mol. The minimum atomic E-state index is -3.63. The highest BCUT2D eigenvalue weighted by atomic mass is 32.2. The summed E-state index contributed by atoms with van der Waals surface area (Å²) in [6.45, 7) is 6.36. The van der Waals surface area contributed by atoms with Crippen molar-refractivity contribution in [2.24, 2.45) is 0 Å². The number of nitrogens with one attached hydrogen (secondary N) is 1. The van der Waals surface area contributed by atoms with Crippen molar-refractivity contribution in [2.75, 3.05) is 19.6 Å². The monoisotopic (exact) mass is 392 g/mol. The molecule has 0 atom stereocenters. The van der Waals surface area contributed by atoms with E-state index < -0.39 is 10.0 Å². The SMILES string of the molecule is CCN(CC)S(=O)(=O)c1ccc(C)c(C(=O)NCCc2cccc(F)c2)c1. The molecule has 1 amide bonds. The zero-order valence-electron chi connectivity index (χ0n) is 15.8. The van der Waals surface area contributed by atoms with Crippen LogP contribution in [0.3, 0.4) is 0 Å². The van der Waals surface area contributed by atoms with E-state index in [1.54, 1.807) is 39.0 Å².